The number of rotatable bonds is 4. The first-order valence-electron chi connectivity index (χ1n) is 6.86. The van der Waals surface area contributed by atoms with Crippen molar-refractivity contribution in [1.82, 2.24) is 9.62 Å². The maximum atomic E-state index is 13.3. The first-order chi connectivity index (χ1) is 9.45. The zero-order valence-electron chi connectivity index (χ0n) is 11.9. The molecule has 112 valence electrons. The average molecular weight is 300 g/mol. The second-order valence-corrected chi connectivity index (χ2v) is 7.22. The summed E-state index contributed by atoms with van der Waals surface area (Å²) in [7, 11) is -1.68. The molecule has 20 heavy (non-hydrogen) atoms. The monoisotopic (exact) mass is 300 g/mol. The van der Waals surface area contributed by atoms with E-state index < -0.39 is 15.8 Å². The van der Waals surface area contributed by atoms with E-state index in [4.69, 9.17) is 0 Å². The molecule has 1 N–H and O–H groups in total. The Morgan fingerprint density at radius 1 is 1.35 bits per heavy atom. The van der Waals surface area contributed by atoms with Crippen molar-refractivity contribution in [3.63, 3.8) is 0 Å². The minimum Gasteiger partial charge on any atom is -0.319 e. The molecule has 0 atom stereocenters. The highest BCUT2D eigenvalue weighted by atomic mass is 32.2. The van der Waals surface area contributed by atoms with E-state index in [1.54, 1.807) is 6.92 Å². The van der Waals surface area contributed by atoms with Gasteiger partial charge < -0.3 is 5.32 Å². The van der Waals surface area contributed by atoms with Crippen molar-refractivity contribution in [1.29, 1.82) is 0 Å². The standard InChI is InChI=1S/C14H21FN2O2S/c1-11-3-4-13(15)9-14(11)20(18,19)17-7-5-12(6-8-17)10-16-2/h3-4,9,12,16H,5-8,10H2,1-2H3. The molecular weight excluding hydrogens is 279 g/mol. The lowest BCUT2D eigenvalue weighted by Gasteiger charge is -2.31. The highest BCUT2D eigenvalue weighted by molar-refractivity contribution is 7.89. The molecule has 1 heterocycles. The van der Waals surface area contributed by atoms with Crippen molar-refractivity contribution in [3.8, 4) is 0 Å². The normalized spacial score (nSPS) is 18.4. The van der Waals surface area contributed by atoms with Crippen LogP contribution in [-0.2, 0) is 10.0 Å². The quantitative estimate of drug-likeness (QED) is 0.922. The molecule has 0 aliphatic carbocycles. The van der Waals surface area contributed by atoms with Crippen LogP contribution in [0.1, 0.15) is 18.4 Å². The molecule has 0 amide bonds. The lowest BCUT2D eigenvalue weighted by Crippen LogP contribution is -2.40. The Morgan fingerprint density at radius 2 is 2.00 bits per heavy atom. The Bertz CT molecular complexity index is 567. The van der Waals surface area contributed by atoms with Crippen molar-refractivity contribution in [3.05, 3.63) is 29.6 Å². The first-order valence-corrected chi connectivity index (χ1v) is 8.30. The topological polar surface area (TPSA) is 49.4 Å². The second kappa shape index (κ2) is 6.20. The van der Waals surface area contributed by atoms with Crippen molar-refractivity contribution >= 4 is 10.0 Å². The summed E-state index contributed by atoms with van der Waals surface area (Å²) in [5.74, 6) is -0.000648. The minimum atomic E-state index is -3.58. The van der Waals surface area contributed by atoms with Gasteiger partial charge >= 0.3 is 0 Å². The summed E-state index contributed by atoms with van der Waals surface area (Å²) >= 11 is 0. The van der Waals surface area contributed by atoms with Gasteiger partial charge in [-0.2, -0.15) is 4.31 Å². The zero-order valence-corrected chi connectivity index (χ0v) is 12.7. The Labute approximate surface area is 120 Å². The third-order valence-electron chi connectivity index (χ3n) is 3.83. The molecule has 1 aliphatic rings. The van der Waals surface area contributed by atoms with E-state index in [2.05, 4.69) is 5.32 Å². The summed E-state index contributed by atoms with van der Waals surface area (Å²) in [6.07, 6.45) is 1.68. The number of nitrogens with one attached hydrogen (secondary N) is 1. The third-order valence-corrected chi connectivity index (χ3v) is 5.87. The fraction of sp³-hybridized carbons (Fsp3) is 0.571. The zero-order chi connectivity index (χ0) is 14.8. The molecule has 1 fully saturated rings. The van der Waals surface area contributed by atoms with Crippen molar-refractivity contribution in [2.24, 2.45) is 5.92 Å². The van der Waals surface area contributed by atoms with Gasteiger partial charge in [0.2, 0.25) is 10.0 Å². The van der Waals surface area contributed by atoms with Gasteiger partial charge in [0.05, 0.1) is 4.90 Å². The maximum absolute atomic E-state index is 13.3. The molecule has 0 saturated carbocycles. The van der Waals surface area contributed by atoms with Crippen LogP contribution in [0.3, 0.4) is 0 Å². The summed E-state index contributed by atoms with van der Waals surface area (Å²) < 4.78 is 39.9. The molecule has 1 aromatic carbocycles. The van der Waals surface area contributed by atoms with Gasteiger partial charge in [0.1, 0.15) is 5.82 Å². The van der Waals surface area contributed by atoms with Crippen LogP contribution in [0.25, 0.3) is 0 Å². The summed E-state index contributed by atoms with van der Waals surface area (Å²) in [6, 6.07) is 3.91. The summed E-state index contributed by atoms with van der Waals surface area (Å²) in [5.41, 5.74) is 0.587. The van der Waals surface area contributed by atoms with Crippen molar-refractivity contribution < 1.29 is 12.8 Å². The molecular formula is C14H21FN2O2S. The molecule has 0 aromatic heterocycles. The SMILES string of the molecule is CNCC1CCN(S(=O)(=O)c2cc(F)ccc2C)CC1. The molecule has 0 bridgehead atoms. The Hall–Kier alpha value is -0.980. The fourth-order valence-corrected chi connectivity index (χ4v) is 4.34. The maximum Gasteiger partial charge on any atom is 0.243 e. The Morgan fingerprint density at radius 3 is 2.60 bits per heavy atom. The van der Waals surface area contributed by atoms with Crippen LogP contribution in [0.15, 0.2) is 23.1 Å². The number of benzene rings is 1. The molecule has 4 nitrogen and oxygen atoms in total. The van der Waals surface area contributed by atoms with Crippen LogP contribution < -0.4 is 5.32 Å². The number of halogens is 1. The van der Waals surface area contributed by atoms with Crippen LogP contribution in [-0.4, -0.2) is 39.4 Å². The van der Waals surface area contributed by atoms with E-state index in [0.29, 0.717) is 24.6 Å². The van der Waals surface area contributed by atoms with Crippen LogP contribution >= 0.6 is 0 Å². The molecule has 1 aromatic rings. The van der Waals surface area contributed by atoms with E-state index >= 15 is 0 Å². The predicted molar refractivity (Wildman–Crippen MR) is 76.5 cm³/mol. The van der Waals surface area contributed by atoms with Gasteiger partial charge in [-0.05, 0) is 57.0 Å². The minimum absolute atomic E-state index is 0.0876. The Balaban J connectivity index is 2.18. The lowest BCUT2D eigenvalue weighted by molar-refractivity contribution is 0.270. The van der Waals surface area contributed by atoms with Crippen LogP contribution in [0.2, 0.25) is 0 Å². The van der Waals surface area contributed by atoms with Gasteiger partial charge in [0.25, 0.3) is 0 Å². The van der Waals surface area contributed by atoms with E-state index in [-0.39, 0.29) is 4.90 Å². The van der Waals surface area contributed by atoms with E-state index in [1.807, 2.05) is 7.05 Å². The molecule has 0 radical (unpaired) electrons. The van der Waals surface area contributed by atoms with Crippen LogP contribution in [0, 0.1) is 18.7 Å². The highest BCUT2D eigenvalue weighted by Crippen LogP contribution is 2.25. The first kappa shape index (κ1) is 15.4. The summed E-state index contributed by atoms with van der Waals surface area (Å²) in [6.45, 7) is 3.61. The van der Waals surface area contributed by atoms with E-state index in [9.17, 15) is 12.8 Å². The number of hydrogen-bond acceptors (Lipinski definition) is 3. The highest BCUT2D eigenvalue weighted by Gasteiger charge is 2.30. The van der Waals surface area contributed by atoms with Gasteiger partial charge in [0.15, 0.2) is 0 Å². The van der Waals surface area contributed by atoms with Crippen LogP contribution in [0.5, 0.6) is 0 Å². The van der Waals surface area contributed by atoms with E-state index in [0.717, 1.165) is 25.5 Å². The molecule has 6 heteroatoms. The van der Waals surface area contributed by atoms with Gasteiger partial charge in [-0.25, -0.2) is 12.8 Å². The predicted octanol–water partition coefficient (Wildman–Crippen LogP) is 1.75. The van der Waals surface area contributed by atoms with Gasteiger partial charge in [-0.1, -0.05) is 6.07 Å². The van der Waals surface area contributed by atoms with E-state index in [1.165, 1.54) is 16.4 Å². The van der Waals surface area contributed by atoms with Gasteiger partial charge in [-0.15, -0.1) is 0 Å². The summed E-state index contributed by atoms with van der Waals surface area (Å²) in [4.78, 5) is 0.0876. The fourth-order valence-electron chi connectivity index (χ4n) is 2.63. The van der Waals surface area contributed by atoms with Crippen molar-refractivity contribution in [2.75, 3.05) is 26.7 Å². The van der Waals surface area contributed by atoms with Crippen molar-refractivity contribution in [2.45, 2.75) is 24.7 Å². The number of sulfonamides is 1. The largest absolute Gasteiger partial charge is 0.319 e. The number of aryl methyl sites for hydroxylation is 1. The molecule has 1 aliphatic heterocycles. The Kier molecular flexibility index (Phi) is 4.78. The number of hydrogen-bond donors (Lipinski definition) is 1. The molecule has 0 unspecified atom stereocenters. The third kappa shape index (κ3) is 3.19. The van der Waals surface area contributed by atoms with Crippen LogP contribution in [0.4, 0.5) is 4.39 Å². The average Bonchev–Trinajstić information content (AvgIpc) is 2.42. The van der Waals surface area contributed by atoms with Gasteiger partial charge in [0, 0.05) is 13.1 Å². The molecule has 1 saturated heterocycles. The summed E-state index contributed by atoms with van der Waals surface area (Å²) in [5, 5.41) is 3.12. The lowest BCUT2D eigenvalue weighted by atomic mass is 9.98. The van der Waals surface area contributed by atoms with Gasteiger partial charge in [-0.3, -0.25) is 0 Å². The second-order valence-electron chi connectivity index (χ2n) is 5.31. The molecule has 2 rings (SSSR count). The molecule has 0 spiro atoms. The number of piperidine rings is 1. The smallest absolute Gasteiger partial charge is 0.243 e. The number of nitrogens with zero attached hydrogens (tertiary/aromatic N) is 1.